The second-order valence-corrected chi connectivity index (χ2v) is 1.92. The van der Waals surface area contributed by atoms with Gasteiger partial charge >= 0.3 is 7.12 Å². The molecule has 0 unspecified atom stereocenters. The Hall–Kier alpha value is -0.445. The van der Waals surface area contributed by atoms with Gasteiger partial charge < -0.3 is 10.0 Å². The smallest absolute Gasteiger partial charge is 0.423 e. The van der Waals surface area contributed by atoms with Crippen molar-refractivity contribution in [2.45, 2.75) is 6.92 Å². The van der Waals surface area contributed by atoms with E-state index < -0.39 is 7.12 Å². The van der Waals surface area contributed by atoms with Gasteiger partial charge in [0.2, 0.25) is 0 Å². The van der Waals surface area contributed by atoms with E-state index in [-0.39, 0.29) is 0 Å². The first-order valence-electron chi connectivity index (χ1n) is 2.86. The molecule has 2 N–H and O–H groups in total. The van der Waals surface area contributed by atoms with Crippen molar-refractivity contribution < 1.29 is 10.0 Å². The third-order valence-corrected chi connectivity index (χ3v) is 1.19. The zero-order valence-corrected chi connectivity index (χ0v) is 6.51. The van der Waals surface area contributed by atoms with Crippen LogP contribution >= 0.6 is 12.2 Å². The fourth-order valence-corrected chi connectivity index (χ4v) is 0.594. The molecular weight excluding hydrogens is 147 g/mol. The lowest BCUT2D eigenvalue weighted by Crippen LogP contribution is -2.15. The molecule has 4 heteroatoms. The van der Waals surface area contributed by atoms with E-state index in [0.29, 0.717) is 5.47 Å². The van der Waals surface area contributed by atoms with E-state index in [0.717, 1.165) is 0 Å². The average Bonchev–Trinajstić information content (AvgIpc) is 1.89. The van der Waals surface area contributed by atoms with Gasteiger partial charge in [0.15, 0.2) is 0 Å². The molecule has 0 aromatic rings. The molecule has 54 valence electrons. The molecule has 0 aliphatic carbocycles. The minimum Gasteiger partial charge on any atom is -0.423 e. The topological polar surface area (TPSA) is 40.5 Å². The van der Waals surface area contributed by atoms with Gasteiger partial charge in [-0.1, -0.05) is 30.4 Å². The molecular formula is C6H9BO2S. The van der Waals surface area contributed by atoms with Gasteiger partial charge in [-0.15, -0.1) is 0 Å². The van der Waals surface area contributed by atoms with Crippen LogP contribution < -0.4 is 0 Å². The van der Waals surface area contributed by atoms with Gasteiger partial charge in [-0.3, -0.25) is 0 Å². The second kappa shape index (κ2) is 5.35. The summed E-state index contributed by atoms with van der Waals surface area (Å²) in [4.78, 5) is 0. The van der Waals surface area contributed by atoms with Crippen LogP contribution in [0.4, 0.5) is 0 Å². The molecule has 0 aliphatic heterocycles. The van der Waals surface area contributed by atoms with E-state index in [9.17, 15) is 0 Å². The molecule has 0 spiro atoms. The molecule has 0 radical (unpaired) electrons. The number of hydrogen-bond acceptors (Lipinski definition) is 3. The number of rotatable bonds is 3. The van der Waals surface area contributed by atoms with Gasteiger partial charge in [0.05, 0.1) is 0 Å². The molecule has 0 aromatic carbocycles. The van der Waals surface area contributed by atoms with Crippen LogP contribution in [0, 0.1) is 0 Å². The molecule has 0 fully saturated rings. The maximum atomic E-state index is 8.59. The predicted octanol–water partition coefficient (Wildman–Crippen LogP) is 0.501. The fraction of sp³-hybridized carbons (Fsp3) is 0.167. The Morgan fingerprint density at radius 3 is 2.40 bits per heavy atom. The highest BCUT2D eigenvalue weighted by Gasteiger charge is 2.09. The molecule has 0 aliphatic rings. The van der Waals surface area contributed by atoms with Crippen LogP contribution in [0.2, 0.25) is 0 Å². The van der Waals surface area contributed by atoms with Gasteiger partial charge in [0.25, 0.3) is 0 Å². The summed E-state index contributed by atoms with van der Waals surface area (Å²) in [7, 11) is -1.46. The summed E-state index contributed by atoms with van der Waals surface area (Å²) in [6, 6.07) is 0. The van der Waals surface area contributed by atoms with Crippen molar-refractivity contribution >= 4 is 24.7 Å². The second-order valence-electron chi connectivity index (χ2n) is 1.68. The summed E-state index contributed by atoms with van der Waals surface area (Å²) >= 11 is 4.52. The van der Waals surface area contributed by atoms with Crippen molar-refractivity contribution in [1.82, 2.24) is 0 Å². The van der Waals surface area contributed by atoms with E-state index in [4.69, 9.17) is 10.0 Å². The number of thiocarbonyl (C=S) groups is 1. The molecule has 0 amide bonds. The van der Waals surface area contributed by atoms with Crippen molar-refractivity contribution in [3.8, 4) is 0 Å². The predicted molar refractivity (Wildman–Crippen MR) is 46.7 cm³/mol. The van der Waals surface area contributed by atoms with Crippen LogP contribution in [-0.2, 0) is 0 Å². The summed E-state index contributed by atoms with van der Waals surface area (Å²) in [5.74, 6) is 0. The SMILES string of the molecule is C/C=C\C=C(/C=S)B(O)O. The number of allylic oxidation sites excluding steroid dienone is 4. The normalized spacial score (nSPS) is 12.1. The molecule has 0 heterocycles. The van der Waals surface area contributed by atoms with Gasteiger partial charge in [-0.25, -0.2) is 0 Å². The Morgan fingerprint density at radius 2 is 2.10 bits per heavy atom. The highest BCUT2D eigenvalue weighted by Crippen LogP contribution is 1.92. The quantitative estimate of drug-likeness (QED) is 0.270. The van der Waals surface area contributed by atoms with Crippen LogP contribution in [0.15, 0.2) is 23.7 Å². The standard InChI is InChI=1S/C6H9BO2S/c1-2-3-4-6(5-10)7(8)9/h2-5,8-9H,1H3/b3-2-,6-4+. The fourth-order valence-electron chi connectivity index (χ4n) is 0.394. The van der Waals surface area contributed by atoms with Crippen LogP contribution in [0.1, 0.15) is 6.92 Å². The summed E-state index contributed by atoms with van der Waals surface area (Å²) < 4.78 is 0. The highest BCUT2D eigenvalue weighted by molar-refractivity contribution is 7.79. The van der Waals surface area contributed by atoms with Crippen molar-refractivity contribution in [3.05, 3.63) is 23.7 Å². The summed E-state index contributed by atoms with van der Waals surface area (Å²) in [5, 5.41) is 18.4. The molecule has 10 heavy (non-hydrogen) atoms. The molecule has 2 nitrogen and oxygen atoms in total. The van der Waals surface area contributed by atoms with Crippen LogP contribution in [0.5, 0.6) is 0 Å². The third kappa shape index (κ3) is 3.56. The lowest BCUT2D eigenvalue weighted by atomic mass is 9.80. The molecule has 0 aromatic heterocycles. The molecule has 0 rings (SSSR count). The Kier molecular flexibility index (Phi) is 5.11. The maximum Gasteiger partial charge on any atom is 0.489 e. The van der Waals surface area contributed by atoms with Gasteiger partial charge in [0, 0.05) is 5.37 Å². The van der Waals surface area contributed by atoms with Crippen LogP contribution in [-0.4, -0.2) is 22.5 Å². The number of hydrogen-bond donors (Lipinski definition) is 2. The van der Waals surface area contributed by atoms with Crippen molar-refractivity contribution in [2.24, 2.45) is 0 Å². The Bertz CT molecular complexity index is 163. The van der Waals surface area contributed by atoms with Gasteiger partial charge in [-0.2, -0.15) is 0 Å². The minimum absolute atomic E-state index is 0.327. The Morgan fingerprint density at radius 1 is 1.50 bits per heavy atom. The van der Waals surface area contributed by atoms with E-state index in [1.165, 1.54) is 5.37 Å². The minimum atomic E-state index is -1.46. The molecule has 0 saturated heterocycles. The van der Waals surface area contributed by atoms with Crippen molar-refractivity contribution in [1.29, 1.82) is 0 Å². The lowest BCUT2D eigenvalue weighted by molar-refractivity contribution is 0.422. The van der Waals surface area contributed by atoms with E-state index in [1.54, 1.807) is 18.2 Å². The Labute approximate surface area is 66.0 Å². The molecule has 0 bridgehead atoms. The molecule has 0 atom stereocenters. The lowest BCUT2D eigenvalue weighted by Gasteiger charge is -1.93. The van der Waals surface area contributed by atoms with Crippen molar-refractivity contribution in [3.63, 3.8) is 0 Å². The zero-order chi connectivity index (χ0) is 7.98. The summed E-state index contributed by atoms with van der Waals surface area (Å²) in [5.41, 5.74) is 0.327. The summed E-state index contributed by atoms with van der Waals surface area (Å²) in [6.07, 6.45) is 5.02. The van der Waals surface area contributed by atoms with E-state index in [1.807, 2.05) is 6.92 Å². The van der Waals surface area contributed by atoms with Crippen molar-refractivity contribution in [2.75, 3.05) is 0 Å². The van der Waals surface area contributed by atoms with Gasteiger partial charge in [-0.05, 0) is 12.4 Å². The monoisotopic (exact) mass is 156 g/mol. The largest absolute Gasteiger partial charge is 0.489 e. The van der Waals surface area contributed by atoms with Crippen LogP contribution in [0.25, 0.3) is 0 Å². The van der Waals surface area contributed by atoms with Gasteiger partial charge in [0.1, 0.15) is 0 Å². The highest BCUT2D eigenvalue weighted by atomic mass is 32.1. The average molecular weight is 156 g/mol. The van der Waals surface area contributed by atoms with E-state index in [2.05, 4.69) is 12.2 Å². The zero-order valence-electron chi connectivity index (χ0n) is 5.69. The Balaban J connectivity index is 4.18. The first-order chi connectivity index (χ1) is 4.72. The van der Waals surface area contributed by atoms with E-state index >= 15 is 0 Å². The molecule has 0 saturated carbocycles. The van der Waals surface area contributed by atoms with Crippen LogP contribution in [0.3, 0.4) is 0 Å². The first kappa shape index (κ1) is 9.55. The summed E-state index contributed by atoms with van der Waals surface area (Å²) in [6.45, 7) is 1.83. The first-order valence-corrected chi connectivity index (χ1v) is 3.33. The third-order valence-electron chi connectivity index (χ3n) is 0.915. The maximum absolute atomic E-state index is 8.59.